The van der Waals surface area contributed by atoms with Crippen molar-refractivity contribution in [2.75, 3.05) is 6.54 Å². The zero-order valence-corrected chi connectivity index (χ0v) is 28.4. The number of nitrogens with zero attached hydrogens (tertiary/aromatic N) is 1. The van der Waals surface area contributed by atoms with Crippen molar-refractivity contribution in [1.82, 2.24) is 4.90 Å². The van der Waals surface area contributed by atoms with E-state index in [-0.39, 0.29) is 0 Å². The second-order valence-electron chi connectivity index (χ2n) is 13.1. The minimum atomic E-state index is 0.670. The van der Waals surface area contributed by atoms with Gasteiger partial charge in [0.15, 0.2) is 0 Å². The lowest BCUT2D eigenvalue weighted by atomic mass is 9.78. The van der Waals surface area contributed by atoms with E-state index in [0.29, 0.717) is 5.92 Å². The summed E-state index contributed by atoms with van der Waals surface area (Å²) in [6.45, 7) is 26.0. The number of allylic oxidation sites excluding steroid dienone is 2. The Labute approximate surface area is 255 Å². The fourth-order valence-electron chi connectivity index (χ4n) is 6.83. The fourth-order valence-corrected chi connectivity index (χ4v) is 6.83. The van der Waals surface area contributed by atoms with Gasteiger partial charge in [0.1, 0.15) is 0 Å². The average Bonchev–Trinajstić information content (AvgIpc) is 3.18. The number of fused-ring (bicyclic) bond motifs is 1. The van der Waals surface area contributed by atoms with Gasteiger partial charge in [-0.15, -0.1) is 0 Å². The van der Waals surface area contributed by atoms with Crippen LogP contribution >= 0.6 is 0 Å². The fraction of sp³-hybridized carbons (Fsp3) is 0.600. The van der Waals surface area contributed by atoms with Gasteiger partial charge in [0.25, 0.3) is 0 Å². The summed E-state index contributed by atoms with van der Waals surface area (Å²) in [6, 6.07) is 11.6. The van der Waals surface area contributed by atoms with Crippen LogP contribution in [-0.2, 0) is 25.8 Å². The second-order valence-corrected chi connectivity index (χ2v) is 13.1. The van der Waals surface area contributed by atoms with Gasteiger partial charge in [-0.2, -0.15) is 0 Å². The van der Waals surface area contributed by atoms with Gasteiger partial charge in [-0.05, 0) is 123 Å². The summed E-state index contributed by atoms with van der Waals surface area (Å²) in [5.41, 5.74) is 11.8. The van der Waals surface area contributed by atoms with Crippen molar-refractivity contribution in [3.63, 3.8) is 0 Å². The third kappa shape index (κ3) is 11.5. The molecule has 2 atom stereocenters. The lowest BCUT2D eigenvalue weighted by Gasteiger charge is -2.27. The third-order valence-electron chi connectivity index (χ3n) is 8.80. The van der Waals surface area contributed by atoms with Gasteiger partial charge in [0, 0.05) is 18.8 Å². The number of rotatable bonds is 8. The van der Waals surface area contributed by atoms with Crippen LogP contribution in [0.2, 0.25) is 0 Å². The average molecular weight is 558 g/mol. The molecule has 228 valence electrons. The van der Waals surface area contributed by atoms with E-state index in [2.05, 4.69) is 102 Å². The molecule has 0 aliphatic heterocycles. The maximum Gasteiger partial charge on any atom is 0.0426 e. The summed E-state index contributed by atoms with van der Waals surface area (Å²) in [5.74, 6) is 2.50. The molecule has 0 bridgehead atoms. The minimum absolute atomic E-state index is 0.670. The largest absolute Gasteiger partial charge is 0.371 e. The van der Waals surface area contributed by atoms with Crippen LogP contribution in [0.25, 0.3) is 6.08 Å². The van der Waals surface area contributed by atoms with Crippen LogP contribution in [-0.4, -0.2) is 11.4 Å². The molecule has 2 unspecified atom stereocenters. The molecule has 2 aromatic rings. The Morgan fingerprint density at radius 3 is 2.39 bits per heavy atom. The Balaban J connectivity index is 0.000000273. The summed E-state index contributed by atoms with van der Waals surface area (Å²) in [7, 11) is 0. The van der Waals surface area contributed by atoms with Crippen LogP contribution in [0.5, 0.6) is 0 Å². The number of benzene rings is 2. The summed E-state index contributed by atoms with van der Waals surface area (Å²) < 4.78 is 0. The standard InChI is InChI=1S/C20H31N.C18H26.C2H6/c1-15(2)13-21(16(3)4)14-18-11-17(5)20-10-8-6-7-9-19(20)12-18;1-4-7-18-15(3)9-6-11-17(18)13-16-10-5-8-14(2)12-16;1-2/h11-12,15H,3,6-10,13-14H2,1-2,4-5H3;4,6-7,9,11,14,16H,5,8,10,12-13H2,1-3H3;1-2H3/b;7-4-;. The normalized spacial score (nSPS) is 18.5. The molecular weight excluding hydrogens is 494 g/mol. The quantitative estimate of drug-likeness (QED) is 0.292. The van der Waals surface area contributed by atoms with Crippen molar-refractivity contribution in [2.45, 2.75) is 133 Å². The molecule has 0 saturated heterocycles. The van der Waals surface area contributed by atoms with Gasteiger partial charge >= 0.3 is 0 Å². The van der Waals surface area contributed by atoms with Crippen molar-refractivity contribution in [3.8, 4) is 0 Å². The van der Waals surface area contributed by atoms with Gasteiger partial charge < -0.3 is 4.90 Å². The number of aryl methyl sites for hydroxylation is 3. The van der Waals surface area contributed by atoms with E-state index >= 15 is 0 Å². The smallest absolute Gasteiger partial charge is 0.0426 e. The lowest BCUT2D eigenvalue weighted by Crippen LogP contribution is -2.25. The molecule has 0 radical (unpaired) electrons. The minimum Gasteiger partial charge on any atom is -0.371 e. The van der Waals surface area contributed by atoms with Gasteiger partial charge in [0.2, 0.25) is 0 Å². The van der Waals surface area contributed by atoms with Crippen molar-refractivity contribution in [2.24, 2.45) is 17.8 Å². The van der Waals surface area contributed by atoms with Crippen molar-refractivity contribution in [3.05, 3.63) is 87.6 Å². The molecule has 0 amide bonds. The molecule has 0 heterocycles. The highest BCUT2D eigenvalue weighted by Gasteiger charge is 2.20. The summed E-state index contributed by atoms with van der Waals surface area (Å²) in [6.07, 6.45) is 18.1. The van der Waals surface area contributed by atoms with E-state index in [4.69, 9.17) is 0 Å². The van der Waals surface area contributed by atoms with Gasteiger partial charge in [-0.3, -0.25) is 0 Å². The topological polar surface area (TPSA) is 3.24 Å². The zero-order chi connectivity index (χ0) is 30.4. The summed E-state index contributed by atoms with van der Waals surface area (Å²) >= 11 is 0. The van der Waals surface area contributed by atoms with Crippen molar-refractivity contribution in [1.29, 1.82) is 0 Å². The Hall–Kier alpha value is -2.28. The van der Waals surface area contributed by atoms with E-state index < -0.39 is 0 Å². The Bertz CT molecular complexity index is 1090. The maximum absolute atomic E-state index is 4.16. The molecule has 2 aliphatic carbocycles. The zero-order valence-electron chi connectivity index (χ0n) is 28.4. The van der Waals surface area contributed by atoms with E-state index in [1.54, 1.807) is 16.7 Å². The summed E-state index contributed by atoms with van der Waals surface area (Å²) in [5, 5.41) is 0. The number of hydrogen-bond acceptors (Lipinski definition) is 1. The molecule has 2 aromatic carbocycles. The Morgan fingerprint density at radius 1 is 1.00 bits per heavy atom. The highest BCUT2D eigenvalue weighted by atomic mass is 15.1. The molecule has 0 N–H and O–H groups in total. The first-order chi connectivity index (χ1) is 19.7. The Morgan fingerprint density at radius 2 is 1.73 bits per heavy atom. The third-order valence-corrected chi connectivity index (χ3v) is 8.80. The van der Waals surface area contributed by atoms with E-state index in [9.17, 15) is 0 Å². The molecule has 41 heavy (non-hydrogen) atoms. The van der Waals surface area contributed by atoms with Crippen LogP contribution in [0.1, 0.15) is 132 Å². The van der Waals surface area contributed by atoms with Crippen LogP contribution in [0.4, 0.5) is 0 Å². The van der Waals surface area contributed by atoms with Crippen LogP contribution in [0, 0.1) is 31.6 Å². The Kier molecular flexibility index (Phi) is 15.6. The molecule has 1 fully saturated rings. The summed E-state index contributed by atoms with van der Waals surface area (Å²) in [4.78, 5) is 2.42. The molecule has 0 spiro atoms. The molecule has 1 nitrogen and oxygen atoms in total. The molecule has 1 heteroatoms. The number of hydrogen-bond donors (Lipinski definition) is 0. The van der Waals surface area contributed by atoms with Crippen molar-refractivity contribution < 1.29 is 0 Å². The van der Waals surface area contributed by atoms with Gasteiger partial charge in [-0.25, -0.2) is 0 Å². The molecule has 2 aliphatic rings. The van der Waals surface area contributed by atoms with Gasteiger partial charge in [0.05, 0.1) is 0 Å². The molecule has 0 aromatic heterocycles. The lowest BCUT2D eigenvalue weighted by molar-refractivity contribution is 0.281. The first-order valence-electron chi connectivity index (χ1n) is 16.9. The second kappa shape index (κ2) is 18.3. The predicted octanol–water partition coefficient (Wildman–Crippen LogP) is 11.7. The van der Waals surface area contributed by atoms with Crippen LogP contribution in [0.3, 0.4) is 0 Å². The molecule has 1 saturated carbocycles. The molecule has 4 rings (SSSR count). The highest BCUT2D eigenvalue weighted by molar-refractivity contribution is 5.57. The first kappa shape index (κ1) is 34.9. The van der Waals surface area contributed by atoms with E-state index in [0.717, 1.165) is 24.9 Å². The van der Waals surface area contributed by atoms with Gasteiger partial charge in [-0.1, -0.05) is 109 Å². The van der Waals surface area contributed by atoms with E-state index in [1.807, 2.05) is 13.8 Å². The van der Waals surface area contributed by atoms with Crippen molar-refractivity contribution >= 4 is 6.08 Å². The monoisotopic (exact) mass is 557 g/mol. The van der Waals surface area contributed by atoms with Crippen LogP contribution in [0.15, 0.2) is 48.7 Å². The maximum atomic E-state index is 4.16. The SMILES string of the molecule is C/C=C\c1c(C)cccc1CC1CCCC(C)C1.C=C(C)N(Cc1cc(C)c2c(c1)CCCCC2)CC(C)C.CC. The predicted molar refractivity (Wildman–Crippen MR) is 185 cm³/mol. The van der Waals surface area contributed by atoms with E-state index in [1.165, 1.54) is 92.2 Å². The van der Waals surface area contributed by atoms with Crippen LogP contribution < -0.4 is 0 Å². The highest BCUT2D eigenvalue weighted by Crippen LogP contribution is 2.32. The molecular formula is C40H63N. The first-order valence-corrected chi connectivity index (χ1v) is 16.9.